The van der Waals surface area contributed by atoms with Crippen LogP contribution in [0.2, 0.25) is 10.0 Å². The van der Waals surface area contributed by atoms with Crippen LogP contribution in [-0.2, 0) is 9.59 Å². The molecular weight excluding hydrogens is 387 g/mol. The predicted molar refractivity (Wildman–Crippen MR) is 110 cm³/mol. The van der Waals surface area contributed by atoms with E-state index in [1.165, 1.54) is 0 Å². The van der Waals surface area contributed by atoms with Gasteiger partial charge in [-0.05, 0) is 55.3 Å². The number of carbonyl (C=O) groups is 2. The number of rotatable bonds is 8. The van der Waals surface area contributed by atoms with E-state index in [0.29, 0.717) is 40.9 Å². The van der Waals surface area contributed by atoms with Crippen LogP contribution in [0.4, 0.5) is 11.4 Å². The summed E-state index contributed by atoms with van der Waals surface area (Å²) >= 11 is 12.0. The number of hydrogen-bond donors (Lipinski definition) is 2. The van der Waals surface area contributed by atoms with Crippen molar-refractivity contribution >= 4 is 46.4 Å². The Bertz CT molecular complexity index is 825. The minimum absolute atomic E-state index is 0.107. The van der Waals surface area contributed by atoms with E-state index >= 15 is 0 Å². The van der Waals surface area contributed by atoms with E-state index in [1.54, 1.807) is 31.2 Å². The van der Waals surface area contributed by atoms with Crippen LogP contribution in [0.25, 0.3) is 0 Å². The van der Waals surface area contributed by atoms with Crippen molar-refractivity contribution in [3.05, 3.63) is 52.0 Å². The summed E-state index contributed by atoms with van der Waals surface area (Å²) in [5, 5.41) is 6.57. The molecule has 0 saturated carbocycles. The van der Waals surface area contributed by atoms with Gasteiger partial charge in [0.1, 0.15) is 5.75 Å². The van der Waals surface area contributed by atoms with Gasteiger partial charge in [-0.15, -0.1) is 0 Å². The highest BCUT2D eigenvalue weighted by Crippen LogP contribution is 2.26. The molecule has 2 N–H and O–H groups in total. The summed E-state index contributed by atoms with van der Waals surface area (Å²) in [6, 6.07) is 10.4. The smallest absolute Gasteiger partial charge is 0.224 e. The SMILES string of the molecule is CCC(=O)Nc1ccc(Cl)c(NC(=O)CCCOc2ccc(Cl)cc2C)c1. The Morgan fingerprint density at radius 3 is 2.52 bits per heavy atom. The van der Waals surface area contributed by atoms with Gasteiger partial charge in [-0.1, -0.05) is 30.1 Å². The van der Waals surface area contributed by atoms with Crippen LogP contribution in [0.1, 0.15) is 31.7 Å². The van der Waals surface area contributed by atoms with Gasteiger partial charge in [-0.2, -0.15) is 0 Å². The quantitative estimate of drug-likeness (QED) is 0.570. The summed E-state index contributed by atoms with van der Waals surface area (Å²) in [7, 11) is 0. The Hall–Kier alpha value is -2.24. The summed E-state index contributed by atoms with van der Waals surface area (Å²) in [4.78, 5) is 23.6. The van der Waals surface area contributed by atoms with Gasteiger partial charge in [-0.3, -0.25) is 9.59 Å². The average molecular weight is 409 g/mol. The molecule has 0 aliphatic carbocycles. The summed E-state index contributed by atoms with van der Waals surface area (Å²) in [5.74, 6) is 0.471. The van der Waals surface area contributed by atoms with E-state index in [2.05, 4.69) is 10.6 Å². The second-order valence-electron chi connectivity index (χ2n) is 6.01. The lowest BCUT2D eigenvalue weighted by atomic mass is 10.2. The van der Waals surface area contributed by atoms with Crippen LogP contribution in [0.3, 0.4) is 0 Å². The van der Waals surface area contributed by atoms with E-state index < -0.39 is 0 Å². The summed E-state index contributed by atoms with van der Waals surface area (Å²) in [6.07, 6.45) is 1.21. The zero-order valence-electron chi connectivity index (χ0n) is 15.3. The third kappa shape index (κ3) is 6.77. The highest BCUT2D eigenvalue weighted by molar-refractivity contribution is 6.33. The third-order valence-corrected chi connectivity index (χ3v) is 4.35. The molecule has 0 aliphatic rings. The van der Waals surface area contributed by atoms with Gasteiger partial charge in [-0.25, -0.2) is 0 Å². The minimum Gasteiger partial charge on any atom is -0.493 e. The first-order valence-electron chi connectivity index (χ1n) is 8.67. The van der Waals surface area contributed by atoms with Gasteiger partial charge < -0.3 is 15.4 Å². The van der Waals surface area contributed by atoms with Gasteiger partial charge in [0.15, 0.2) is 0 Å². The van der Waals surface area contributed by atoms with Crippen molar-refractivity contribution in [1.82, 2.24) is 0 Å². The number of hydrogen-bond acceptors (Lipinski definition) is 3. The van der Waals surface area contributed by atoms with E-state index in [1.807, 2.05) is 19.1 Å². The van der Waals surface area contributed by atoms with Gasteiger partial charge in [0.2, 0.25) is 11.8 Å². The number of halogens is 2. The van der Waals surface area contributed by atoms with Crippen molar-refractivity contribution in [2.45, 2.75) is 33.1 Å². The van der Waals surface area contributed by atoms with Crippen molar-refractivity contribution in [2.75, 3.05) is 17.2 Å². The van der Waals surface area contributed by atoms with E-state index in [4.69, 9.17) is 27.9 Å². The molecule has 2 aromatic rings. The van der Waals surface area contributed by atoms with Crippen LogP contribution in [0, 0.1) is 6.92 Å². The highest BCUT2D eigenvalue weighted by atomic mass is 35.5. The van der Waals surface area contributed by atoms with Crippen molar-refractivity contribution in [2.24, 2.45) is 0 Å². The molecule has 0 bridgehead atoms. The van der Waals surface area contributed by atoms with Gasteiger partial charge >= 0.3 is 0 Å². The zero-order chi connectivity index (χ0) is 19.8. The molecule has 0 saturated heterocycles. The molecule has 0 spiro atoms. The molecule has 0 atom stereocenters. The van der Waals surface area contributed by atoms with Crippen molar-refractivity contribution in [3.8, 4) is 5.75 Å². The molecule has 0 unspecified atom stereocenters. The topological polar surface area (TPSA) is 67.4 Å². The molecular formula is C20H22Cl2N2O3. The predicted octanol–water partition coefficient (Wildman–Crippen LogP) is 5.45. The number of nitrogens with one attached hydrogen (secondary N) is 2. The Kier molecular flexibility index (Phi) is 7.95. The molecule has 0 radical (unpaired) electrons. The molecule has 2 rings (SSSR count). The molecule has 27 heavy (non-hydrogen) atoms. The second-order valence-corrected chi connectivity index (χ2v) is 6.85. The fraction of sp³-hybridized carbons (Fsp3) is 0.300. The lowest BCUT2D eigenvalue weighted by Gasteiger charge is -2.11. The highest BCUT2D eigenvalue weighted by Gasteiger charge is 2.09. The maximum absolute atomic E-state index is 12.1. The minimum atomic E-state index is -0.174. The molecule has 0 heterocycles. The summed E-state index contributed by atoms with van der Waals surface area (Å²) < 4.78 is 5.68. The average Bonchev–Trinajstić information content (AvgIpc) is 2.63. The molecule has 2 amide bonds. The largest absolute Gasteiger partial charge is 0.493 e. The van der Waals surface area contributed by atoms with Gasteiger partial charge in [0, 0.05) is 23.6 Å². The summed E-state index contributed by atoms with van der Waals surface area (Å²) in [6.45, 7) is 4.10. The van der Waals surface area contributed by atoms with Crippen LogP contribution < -0.4 is 15.4 Å². The maximum Gasteiger partial charge on any atom is 0.224 e. The molecule has 5 nitrogen and oxygen atoms in total. The number of amides is 2. The number of carbonyl (C=O) groups excluding carboxylic acids is 2. The van der Waals surface area contributed by atoms with Crippen LogP contribution in [-0.4, -0.2) is 18.4 Å². The maximum atomic E-state index is 12.1. The lowest BCUT2D eigenvalue weighted by Crippen LogP contribution is -2.14. The van der Waals surface area contributed by atoms with E-state index in [0.717, 1.165) is 11.3 Å². The molecule has 7 heteroatoms. The molecule has 2 aromatic carbocycles. The standard InChI is InChI=1S/C20H22Cl2N2O3/c1-3-19(25)23-15-7-8-16(22)17(12-15)24-20(26)5-4-10-27-18-9-6-14(21)11-13(18)2/h6-9,11-12H,3-5,10H2,1-2H3,(H,23,25)(H,24,26). The number of anilines is 2. The molecule has 0 fully saturated rings. The van der Waals surface area contributed by atoms with Crippen molar-refractivity contribution in [3.63, 3.8) is 0 Å². The van der Waals surface area contributed by atoms with Crippen LogP contribution in [0.15, 0.2) is 36.4 Å². The van der Waals surface area contributed by atoms with Crippen LogP contribution >= 0.6 is 23.2 Å². The zero-order valence-corrected chi connectivity index (χ0v) is 16.8. The number of ether oxygens (including phenoxy) is 1. The monoisotopic (exact) mass is 408 g/mol. The fourth-order valence-corrected chi connectivity index (χ4v) is 2.74. The normalized spacial score (nSPS) is 10.4. The Morgan fingerprint density at radius 2 is 1.81 bits per heavy atom. The van der Waals surface area contributed by atoms with E-state index in [9.17, 15) is 9.59 Å². The van der Waals surface area contributed by atoms with Crippen LogP contribution in [0.5, 0.6) is 5.75 Å². The Morgan fingerprint density at radius 1 is 1.04 bits per heavy atom. The first-order chi connectivity index (χ1) is 12.9. The summed E-state index contributed by atoms with van der Waals surface area (Å²) in [5.41, 5.74) is 2.00. The molecule has 0 aliphatic heterocycles. The molecule has 0 aromatic heterocycles. The fourth-order valence-electron chi connectivity index (χ4n) is 2.35. The van der Waals surface area contributed by atoms with Crippen molar-refractivity contribution < 1.29 is 14.3 Å². The Labute approximate surface area is 169 Å². The van der Waals surface area contributed by atoms with E-state index in [-0.39, 0.29) is 18.2 Å². The lowest BCUT2D eigenvalue weighted by molar-refractivity contribution is -0.117. The second kappa shape index (κ2) is 10.2. The first-order valence-corrected chi connectivity index (χ1v) is 9.43. The third-order valence-electron chi connectivity index (χ3n) is 3.79. The van der Waals surface area contributed by atoms with Gasteiger partial charge in [0.25, 0.3) is 0 Å². The number of aryl methyl sites for hydroxylation is 1. The first kappa shape index (κ1) is 21.1. The Balaban J connectivity index is 1.83. The molecule has 144 valence electrons. The van der Waals surface area contributed by atoms with Gasteiger partial charge in [0.05, 0.1) is 17.3 Å². The van der Waals surface area contributed by atoms with Crippen molar-refractivity contribution in [1.29, 1.82) is 0 Å². The number of benzene rings is 2.